The number of rotatable bonds is 2. The lowest BCUT2D eigenvalue weighted by atomic mass is 9.94. The highest BCUT2D eigenvalue weighted by molar-refractivity contribution is 5.39. The number of aromatic nitrogens is 2. The topological polar surface area (TPSA) is 131 Å². The molecule has 1 aromatic heterocycles. The Bertz CT molecular complexity index is 635. The number of hydrogen-bond donors (Lipinski definition) is 4. The zero-order valence-corrected chi connectivity index (χ0v) is 10.5. The summed E-state index contributed by atoms with van der Waals surface area (Å²) in [5.74, 6) is -0.0204. The number of aliphatic hydroxyl groups excluding tert-OH is 1. The highest BCUT2D eigenvalue weighted by atomic mass is 19.1. The first-order valence-corrected chi connectivity index (χ1v) is 5.93. The van der Waals surface area contributed by atoms with Crippen LogP contribution in [0.3, 0.4) is 0 Å². The summed E-state index contributed by atoms with van der Waals surface area (Å²) in [5, 5.41) is 30.4. The molecule has 2 aliphatic rings. The monoisotopic (exact) mass is 287 g/mol. The van der Waals surface area contributed by atoms with Crippen LogP contribution in [0.2, 0.25) is 0 Å². The molecule has 5 N–H and O–H groups in total. The average Bonchev–Trinajstić information content (AvgIpc) is 2.78. The summed E-state index contributed by atoms with van der Waals surface area (Å²) in [6.45, 7) is -0.0391. The number of anilines is 1. The van der Waals surface area contributed by atoms with Crippen molar-refractivity contribution in [3.8, 4) is 0 Å². The molecule has 0 spiro atoms. The van der Waals surface area contributed by atoms with E-state index in [0.29, 0.717) is 0 Å². The molecule has 0 bridgehead atoms. The maximum atomic E-state index is 13.1. The van der Waals surface area contributed by atoms with E-state index in [9.17, 15) is 24.5 Å². The van der Waals surface area contributed by atoms with Gasteiger partial charge in [0.2, 0.25) is 0 Å². The molecule has 0 radical (unpaired) electrons. The molecule has 1 saturated carbocycles. The fourth-order valence-electron chi connectivity index (χ4n) is 2.97. The predicted molar refractivity (Wildman–Crippen MR) is 63.3 cm³/mol. The highest BCUT2D eigenvalue weighted by Crippen LogP contribution is 2.66. The molecular formula is C11H14FN3O5. The Morgan fingerprint density at radius 1 is 1.60 bits per heavy atom. The van der Waals surface area contributed by atoms with Crippen LogP contribution in [-0.2, 0) is 4.74 Å². The number of aliphatic hydroxyl groups is 3. The van der Waals surface area contributed by atoms with Gasteiger partial charge in [0, 0.05) is 6.20 Å². The van der Waals surface area contributed by atoms with E-state index >= 15 is 0 Å². The minimum atomic E-state index is -2.18. The molecule has 5 unspecified atom stereocenters. The van der Waals surface area contributed by atoms with Crippen molar-refractivity contribution in [3.63, 3.8) is 0 Å². The number of nitrogen functional groups attached to an aromatic ring is 1. The quantitative estimate of drug-likeness (QED) is 0.491. The van der Waals surface area contributed by atoms with Crippen LogP contribution in [0.15, 0.2) is 17.1 Å². The zero-order chi connectivity index (χ0) is 14.9. The van der Waals surface area contributed by atoms with Crippen LogP contribution in [-0.4, -0.2) is 54.5 Å². The summed E-state index contributed by atoms with van der Waals surface area (Å²) >= 11 is 0. The lowest BCUT2D eigenvalue weighted by molar-refractivity contribution is -0.168. The number of ether oxygens (including phenoxy) is 1. The van der Waals surface area contributed by atoms with Gasteiger partial charge in [-0.05, 0) is 13.0 Å². The molecule has 0 amide bonds. The van der Waals surface area contributed by atoms with Gasteiger partial charge in [0.25, 0.3) is 0 Å². The molecule has 8 nitrogen and oxygen atoms in total. The minimum Gasteiger partial charge on any atom is -0.387 e. The van der Waals surface area contributed by atoms with Crippen molar-refractivity contribution in [2.75, 3.05) is 12.4 Å². The van der Waals surface area contributed by atoms with Crippen LogP contribution in [0.5, 0.6) is 0 Å². The first-order chi connectivity index (χ1) is 9.22. The van der Waals surface area contributed by atoms with E-state index in [4.69, 9.17) is 10.5 Å². The minimum absolute atomic E-state index is 0.0204. The molecule has 9 heteroatoms. The summed E-state index contributed by atoms with van der Waals surface area (Å²) in [6.07, 6.45) is -1.73. The second-order valence-corrected chi connectivity index (χ2v) is 5.35. The van der Waals surface area contributed by atoms with Gasteiger partial charge in [-0.2, -0.15) is 4.98 Å². The maximum absolute atomic E-state index is 13.1. The van der Waals surface area contributed by atoms with Crippen LogP contribution < -0.4 is 11.4 Å². The largest absolute Gasteiger partial charge is 0.387 e. The predicted octanol–water partition coefficient (Wildman–Crippen LogP) is -2.08. The second-order valence-electron chi connectivity index (χ2n) is 5.35. The number of fused-ring (bicyclic) bond motifs is 1. The van der Waals surface area contributed by atoms with E-state index < -0.39 is 41.5 Å². The number of alkyl halides is 1. The SMILES string of the molecule is CC1(O)C(n2ccc(N)nc2=O)OC2(CF)C(O)C12O. The van der Waals surface area contributed by atoms with Crippen molar-refractivity contribution in [1.82, 2.24) is 9.55 Å². The Morgan fingerprint density at radius 2 is 2.25 bits per heavy atom. The van der Waals surface area contributed by atoms with Crippen molar-refractivity contribution in [2.45, 2.75) is 36.1 Å². The molecule has 20 heavy (non-hydrogen) atoms. The van der Waals surface area contributed by atoms with Crippen molar-refractivity contribution in [3.05, 3.63) is 22.7 Å². The Kier molecular flexibility index (Phi) is 2.39. The third-order valence-corrected chi connectivity index (χ3v) is 4.28. The van der Waals surface area contributed by atoms with Gasteiger partial charge in [-0.3, -0.25) is 4.57 Å². The average molecular weight is 287 g/mol. The van der Waals surface area contributed by atoms with Gasteiger partial charge in [0.1, 0.15) is 24.2 Å². The molecule has 3 rings (SSSR count). The van der Waals surface area contributed by atoms with E-state index in [2.05, 4.69) is 4.98 Å². The van der Waals surface area contributed by atoms with E-state index in [0.717, 1.165) is 11.5 Å². The third-order valence-electron chi connectivity index (χ3n) is 4.28. The van der Waals surface area contributed by atoms with Crippen molar-refractivity contribution >= 4 is 5.82 Å². The number of halogens is 1. The number of nitrogens with zero attached hydrogens (tertiary/aromatic N) is 2. The van der Waals surface area contributed by atoms with Gasteiger partial charge in [-0.1, -0.05) is 0 Å². The van der Waals surface area contributed by atoms with Gasteiger partial charge >= 0.3 is 5.69 Å². The summed E-state index contributed by atoms with van der Waals surface area (Å²) in [7, 11) is 0. The Labute approximate surface area is 112 Å². The van der Waals surface area contributed by atoms with Crippen molar-refractivity contribution < 1.29 is 24.4 Å². The Morgan fingerprint density at radius 3 is 2.75 bits per heavy atom. The summed E-state index contributed by atoms with van der Waals surface area (Å²) in [4.78, 5) is 15.2. The van der Waals surface area contributed by atoms with Crippen LogP contribution >= 0.6 is 0 Å². The van der Waals surface area contributed by atoms with E-state index in [1.54, 1.807) is 0 Å². The van der Waals surface area contributed by atoms with E-state index in [-0.39, 0.29) is 5.82 Å². The lowest BCUT2D eigenvalue weighted by Crippen LogP contribution is -2.50. The van der Waals surface area contributed by atoms with E-state index in [1.165, 1.54) is 12.3 Å². The summed E-state index contributed by atoms with van der Waals surface area (Å²) < 4.78 is 19.3. The second kappa shape index (κ2) is 3.55. The van der Waals surface area contributed by atoms with Crippen molar-refractivity contribution in [2.24, 2.45) is 0 Å². The molecule has 1 aromatic rings. The molecule has 0 aromatic carbocycles. The zero-order valence-electron chi connectivity index (χ0n) is 10.5. The van der Waals surface area contributed by atoms with Gasteiger partial charge in [0.15, 0.2) is 17.4 Å². The van der Waals surface area contributed by atoms with Gasteiger partial charge in [0.05, 0.1) is 0 Å². The van der Waals surface area contributed by atoms with Crippen LogP contribution in [0.4, 0.5) is 10.2 Å². The maximum Gasteiger partial charge on any atom is 0.351 e. The number of nitrogens with two attached hydrogens (primary N) is 1. The molecule has 1 aliphatic heterocycles. The normalized spacial score (nSPS) is 46.2. The fourth-order valence-corrected chi connectivity index (χ4v) is 2.97. The van der Waals surface area contributed by atoms with Gasteiger partial charge < -0.3 is 25.8 Å². The van der Waals surface area contributed by atoms with E-state index in [1.807, 2.05) is 0 Å². The third kappa shape index (κ3) is 1.19. The highest BCUT2D eigenvalue weighted by Gasteiger charge is 2.91. The molecule has 2 heterocycles. The molecule has 110 valence electrons. The van der Waals surface area contributed by atoms with Gasteiger partial charge in [-0.15, -0.1) is 0 Å². The first kappa shape index (κ1) is 13.4. The van der Waals surface area contributed by atoms with Crippen LogP contribution in [0, 0.1) is 0 Å². The summed E-state index contributed by atoms with van der Waals surface area (Å²) in [5.41, 5.74) is -1.64. The molecule has 5 atom stereocenters. The summed E-state index contributed by atoms with van der Waals surface area (Å²) in [6, 6.07) is 1.30. The lowest BCUT2D eigenvalue weighted by Gasteiger charge is -2.32. The molecular weight excluding hydrogens is 273 g/mol. The molecule has 1 aliphatic carbocycles. The number of hydrogen-bond acceptors (Lipinski definition) is 7. The van der Waals surface area contributed by atoms with Crippen molar-refractivity contribution in [1.29, 1.82) is 0 Å². The Balaban J connectivity index is 2.08. The smallest absolute Gasteiger partial charge is 0.351 e. The van der Waals surface area contributed by atoms with Crippen LogP contribution in [0.25, 0.3) is 0 Å². The fraction of sp³-hybridized carbons (Fsp3) is 0.636. The standard InChI is InChI=1S/C11H14FN3O5/c1-9(18)7(15-3-2-5(13)14-8(15)17)20-10(4-12)6(16)11(9,10)19/h2-3,6-7,16,18-19H,4H2,1H3,(H2,13,14,17). The Hall–Kier alpha value is -1.55. The van der Waals surface area contributed by atoms with Crippen LogP contribution in [0.1, 0.15) is 13.2 Å². The molecule has 1 saturated heterocycles. The van der Waals surface area contributed by atoms with Gasteiger partial charge in [-0.25, -0.2) is 9.18 Å². The molecule has 2 fully saturated rings. The first-order valence-electron chi connectivity index (χ1n) is 5.93.